The van der Waals surface area contributed by atoms with Crippen molar-refractivity contribution in [3.8, 4) is 0 Å². The average molecular weight is 400 g/mol. The highest BCUT2D eigenvalue weighted by Crippen LogP contribution is 2.26. The molecular weight excluding hydrogens is 362 g/mol. The Balaban J connectivity index is 1.22. The normalized spacial score (nSPS) is 30.2. The number of aliphatic hydroxyl groups is 1. The van der Waals surface area contributed by atoms with E-state index in [2.05, 4.69) is 45.4 Å². The van der Waals surface area contributed by atoms with Crippen LogP contribution in [0.3, 0.4) is 0 Å². The van der Waals surface area contributed by atoms with E-state index < -0.39 is 0 Å². The Bertz CT molecular complexity index is 637. The predicted octanol–water partition coefficient (Wildman–Crippen LogP) is 2.78. The van der Waals surface area contributed by atoms with Gasteiger partial charge in [0.1, 0.15) is 0 Å². The van der Waals surface area contributed by atoms with Gasteiger partial charge in [-0.1, -0.05) is 30.3 Å². The highest BCUT2D eigenvalue weighted by atomic mass is 16.3. The quantitative estimate of drug-likeness (QED) is 0.799. The SMILES string of the molecule is O=C(NC1CCC(O)CC1)C1CCCN(C2CCN(Cc3ccccc3)CC2)C1. The van der Waals surface area contributed by atoms with Crippen molar-refractivity contribution in [1.82, 2.24) is 15.1 Å². The molecule has 1 saturated carbocycles. The van der Waals surface area contributed by atoms with Crippen molar-refractivity contribution in [2.24, 2.45) is 5.92 Å². The summed E-state index contributed by atoms with van der Waals surface area (Å²) in [7, 11) is 0. The smallest absolute Gasteiger partial charge is 0.224 e. The Hall–Kier alpha value is -1.43. The summed E-state index contributed by atoms with van der Waals surface area (Å²) in [4.78, 5) is 18.0. The third-order valence-electron chi connectivity index (χ3n) is 7.19. The molecule has 2 N–H and O–H groups in total. The first-order valence-electron chi connectivity index (χ1n) is 11.7. The number of rotatable bonds is 5. The Morgan fingerprint density at radius 3 is 2.41 bits per heavy atom. The fourth-order valence-electron chi connectivity index (χ4n) is 5.38. The van der Waals surface area contributed by atoms with Gasteiger partial charge >= 0.3 is 0 Å². The van der Waals surface area contributed by atoms with Crippen molar-refractivity contribution in [1.29, 1.82) is 0 Å². The maximum absolute atomic E-state index is 12.8. The van der Waals surface area contributed by atoms with Gasteiger partial charge in [-0.25, -0.2) is 0 Å². The Morgan fingerprint density at radius 1 is 0.966 bits per heavy atom. The molecule has 0 aromatic heterocycles. The van der Waals surface area contributed by atoms with Crippen LogP contribution in [0.2, 0.25) is 0 Å². The molecule has 1 atom stereocenters. The van der Waals surface area contributed by atoms with E-state index in [-0.39, 0.29) is 24.0 Å². The summed E-state index contributed by atoms with van der Waals surface area (Å²) in [6.07, 6.45) is 7.89. The molecule has 4 rings (SSSR count). The molecule has 2 heterocycles. The molecule has 3 fully saturated rings. The number of carbonyl (C=O) groups excluding carboxylic acids is 1. The van der Waals surface area contributed by atoms with Gasteiger partial charge in [0.25, 0.3) is 0 Å². The molecule has 29 heavy (non-hydrogen) atoms. The number of piperidine rings is 2. The lowest BCUT2D eigenvalue weighted by molar-refractivity contribution is -0.128. The Kier molecular flexibility index (Phi) is 7.22. The second-order valence-corrected chi connectivity index (χ2v) is 9.34. The molecule has 0 bridgehead atoms. The maximum atomic E-state index is 12.8. The Morgan fingerprint density at radius 2 is 1.69 bits per heavy atom. The van der Waals surface area contributed by atoms with Crippen LogP contribution in [0.1, 0.15) is 56.9 Å². The summed E-state index contributed by atoms with van der Waals surface area (Å²) in [5, 5.41) is 12.9. The molecule has 160 valence electrons. The monoisotopic (exact) mass is 399 g/mol. The summed E-state index contributed by atoms with van der Waals surface area (Å²) >= 11 is 0. The van der Waals surface area contributed by atoms with Crippen LogP contribution in [0.25, 0.3) is 0 Å². The van der Waals surface area contributed by atoms with Gasteiger partial charge in [-0.05, 0) is 76.6 Å². The van der Waals surface area contributed by atoms with Gasteiger partial charge in [0.2, 0.25) is 5.91 Å². The first-order valence-corrected chi connectivity index (χ1v) is 11.7. The number of likely N-dealkylation sites (tertiary alicyclic amines) is 2. The van der Waals surface area contributed by atoms with Crippen LogP contribution in [0.4, 0.5) is 0 Å². The molecule has 5 heteroatoms. The number of benzene rings is 1. The summed E-state index contributed by atoms with van der Waals surface area (Å²) in [5.41, 5.74) is 1.40. The molecular formula is C24H37N3O2. The van der Waals surface area contributed by atoms with Crippen LogP contribution in [0.15, 0.2) is 30.3 Å². The van der Waals surface area contributed by atoms with E-state index in [0.717, 1.165) is 71.2 Å². The number of nitrogens with zero attached hydrogens (tertiary/aromatic N) is 2. The first kappa shape index (κ1) is 20.8. The highest BCUT2D eigenvalue weighted by Gasteiger charge is 2.32. The minimum atomic E-state index is -0.166. The zero-order chi connectivity index (χ0) is 20.1. The second kappa shape index (κ2) is 10.1. The number of amides is 1. The number of hydrogen-bond acceptors (Lipinski definition) is 4. The molecule has 1 amide bonds. The molecule has 2 aliphatic heterocycles. The highest BCUT2D eigenvalue weighted by molar-refractivity contribution is 5.79. The predicted molar refractivity (Wildman–Crippen MR) is 115 cm³/mol. The van der Waals surface area contributed by atoms with Crippen LogP contribution < -0.4 is 5.32 Å². The molecule has 1 aliphatic carbocycles. The lowest BCUT2D eigenvalue weighted by Crippen LogP contribution is -2.51. The van der Waals surface area contributed by atoms with Crippen LogP contribution in [-0.4, -0.2) is 65.2 Å². The summed E-state index contributed by atoms with van der Waals surface area (Å²) in [6.45, 7) is 5.41. The van der Waals surface area contributed by atoms with Crippen molar-refractivity contribution in [3.63, 3.8) is 0 Å². The topological polar surface area (TPSA) is 55.8 Å². The van der Waals surface area contributed by atoms with Crippen molar-refractivity contribution in [2.75, 3.05) is 26.2 Å². The van der Waals surface area contributed by atoms with E-state index in [1.54, 1.807) is 0 Å². The van der Waals surface area contributed by atoms with Gasteiger partial charge in [-0.15, -0.1) is 0 Å². The first-order chi connectivity index (χ1) is 14.2. The number of hydrogen-bond donors (Lipinski definition) is 2. The van der Waals surface area contributed by atoms with Crippen molar-refractivity contribution >= 4 is 5.91 Å². The molecule has 1 aromatic rings. The van der Waals surface area contributed by atoms with E-state index in [1.165, 1.54) is 18.4 Å². The minimum absolute atomic E-state index is 0.137. The third-order valence-corrected chi connectivity index (χ3v) is 7.19. The van der Waals surface area contributed by atoms with Crippen molar-refractivity contribution in [3.05, 3.63) is 35.9 Å². The minimum Gasteiger partial charge on any atom is -0.393 e. The fraction of sp³-hybridized carbons (Fsp3) is 0.708. The molecule has 1 aromatic carbocycles. The average Bonchev–Trinajstić information content (AvgIpc) is 2.77. The van der Waals surface area contributed by atoms with Gasteiger partial charge in [0.05, 0.1) is 12.0 Å². The number of aliphatic hydroxyl groups excluding tert-OH is 1. The standard InChI is InChI=1S/C24H37N3O2/c28-23-10-8-21(9-11-23)25-24(29)20-7-4-14-27(18-20)22-12-15-26(16-13-22)17-19-5-2-1-3-6-19/h1-3,5-6,20-23,28H,4,7-18H2,(H,25,29). The molecule has 0 spiro atoms. The van der Waals surface area contributed by atoms with Crippen molar-refractivity contribution < 1.29 is 9.90 Å². The van der Waals surface area contributed by atoms with Crippen LogP contribution in [0, 0.1) is 5.92 Å². The summed E-state index contributed by atoms with van der Waals surface area (Å²) in [6, 6.07) is 11.6. The van der Waals surface area contributed by atoms with E-state index >= 15 is 0 Å². The van der Waals surface area contributed by atoms with Crippen LogP contribution in [0.5, 0.6) is 0 Å². The number of nitrogens with one attached hydrogen (secondary N) is 1. The molecule has 3 aliphatic rings. The van der Waals surface area contributed by atoms with Gasteiger partial charge in [0.15, 0.2) is 0 Å². The maximum Gasteiger partial charge on any atom is 0.224 e. The lowest BCUT2D eigenvalue weighted by atomic mass is 9.90. The van der Waals surface area contributed by atoms with Gasteiger partial charge in [0, 0.05) is 25.2 Å². The van der Waals surface area contributed by atoms with E-state index in [9.17, 15) is 9.90 Å². The molecule has 0 radical (unpaired) electrons. The van der Waals surface area contributed by atoms with Crippen molar-refractivity contribution in [2.45, 2.75) is 76.1 Å². The van der Waals surface area contributed by atoms with Gasteiger partial charge < -0.3 is 10.4 Å². The Labute approximate surface area is 175 Å². The molecule has 1 unspecified atom stereocenters. The van der Waals surface area contributed by atoms with E-state index in [4.69, 9.17) is 0 Å². The number of carbonyl (C=O) groups is 1. The summed E-state index contributed by atoms with van der Waals surface area (Å²) < 4.78 is 0. The van der Waals surface area contributed by atoms with E-state index in [0.29, 0.717) is 6.04 Å². The zero-order valence-electron chi connectivity index (χ0n) is 17.6. The van der Waals surface area contributed by atoms with Gasteiger partial charge in [-0.2, -0.15) is 0 Å². The molecule has 5 nitrogen and oxygen atoms in total. The lowest BCUT2D eigenvalue weighted by Gasteiger charge is -2.42. The summed E-state index contributed by atoms with van der Waals surface area (Å²) in [5.74, 6) is 0.385. The van der Waals surface area contributed by atoms with Crippen LogP contribution >= 0.6 is 0 Å². The van der Waals surface area contributed by atoms with Crippen LogP contribution in [-0.2, 0) is 11.3 Å². The zero-order valence-corrected chi connectivity index (χ0v) is 17.6. The van der Waals surface area contributed by atoms with Gasteiger partial charge in [-0.3, -0.25) is 14.6 Å². The molecule has 2 saturated heterocycles. The largest absolute Gasteiger partial charge is 0.393 e. The second-order valence-electron chi connectivity index (χ2n) is 9.34. The fourth-order valence-corrected chi connectivity index (χ4v) is 5.38. The van der Waals surface area contributed by atoms with E-state index in [1.807, 2.05) is 0 Å². The third kappa shape index (κ3) is 5.80.